The monoisotopic (exact) mass is 353 g/mol. The number of amides is 1. The number of aryl methyl sites for hydroxylation is 1. The van der Waals surface area contributed by atoms with Crippen molar-refractivity contribution >= 4 is 34.6 Å². The molecule has 1 aliphatic rings. The molecular weight excluding hydrogens is 334 g/mol. The van der Waals surface area contributed by atoms with Crippen LogP contribution in [0.25, 0.3) is 11.0 Å². The summed E-state index contributed by atoms with van der Waals surface area (Å²) >= 11 is 1.63. The van der Waals surface area contributed by atoms with Crippen molar-refractivity contribution in [2.75, 3.05) is 5.32 Å². The summed E-state index contributed by atoms with van der Waals surface area (Å²) in [6.45, 7) is 1.51. The van der Waals surface area contributed by atoms with Gasteiger partial charge in [0.1, 0.15) is 0 Å². The van der Waals surface area contributed by atoms with E-state index in [1.54, 1.807) is 11.9 Å². The summed E-state index contributed by atoms with van der Waals surface area (Å²) in [4.78, 5) is 16.6. The Hall–Kier alpha value is -2.38. The maximum Gasteiger partial charge on any atom is 0.221 e. The van der Waals surface area contributed by atoms with Crippen LogP contribution in [0.4, 0.5) is 5.69 Å². The van der Waals surface area contributed by atoms with E-state index in [4.69, 9.17) is 0 Å². The topological polar surface area (TPSA) is 82.7 Å². The first-order chi connectivity index (χ1) is 12.2. The minimum absolute atomic E-state index is 0.0558. The second kappa shape index (κ2) is 6.85. The zero-order valence-electron chi connectivity index (χ0n) is 13.9. The predicted molar refractivity (Wildman–Crippen MR) is 99.4 cm³/mol. The van der Waals surface area contributed by atoms with Crippen LogP contribution >= 0.6 is 11.9 Å². The largest absolute Gasteiger partial charge is 0.326 e. The third-order valence-electron chi connectivity index (χ3n) is 4.41. The minimum atomic E-state index is -0.0558. The molecule has 6 nitrogen and oxygen atoms in total. The second-order valence-electron chi connectivity index (χ2n) is 6.26. The third kappa shape index (κ3) is 3.52. The van der Waals surface area contributed by atoms with Crippen molar-refractivity contribution in [2.45, 2.75) is 37.1 Å². The van der Waals surface area contributed by atoms with Crippen LogP contribution in [0.3, 0.4) is 0 Å². The zero-order chi connectivity index (χ0) is 17.2. The van der Waals surface area contributed by atoms with Crippen molar-refractivity contribution in [1.82, 2.24) is 19.9 Å². The first kappa shape index (κ1) is 16.1. The summed E-state index contributed by atoms with van der Waals surface area (Å²) in [5.41, 5.74) is 4.37. The van der Waals surface area contributed by atoms with E-state index >= 15 is 0 Å². The number of hydrogen-bond acceptors (Lipinski definition) is 5. The van der Waals surface area contributed by atoms with Crippen molar-refractivity contribution in [1.29, 1.82) is 0 Å². The number of fused-ring (bicyclic) bond motifs is 3. The fourth-order valence-corrected chi connectivity index (χ4v) is 3.99. The van der Waals surface area contributed by atoms with Crippen LogP contribution in [0, 0.1) is 0 Å². The van der Waals surface area contributed by atoms with Gasteiger partial charge >= 0.3 is 0 Å². The van der Waals surface area contributed by atoms with Crippen LogP contribution < -0.4 is 10.0 Å². The highest BCUT2D eigenvalue weighted by atomic mass is 32.2. The molecule has 1 aromatic carbocycles. The third-order valence-corrected chi connectivity index (χ3v) is 5.37. The van der Waals surface area contributed by atoms with Gasteiger partial charge < -0.3 is 5.32 Å². The van der Waals surface area contributed by atoms with Gasteiger partial charge in [-0.1, -0.05) is 0 Å². The molecule has 0 saturated heterocycles. The summed E-state index contributed by atoms with van der Waals surface area (Å²) in [5, 5.41) is 11.0. The molecule has 0 saturated carbocycles. The Morgan fingerprint density at radius 2 is 2.12 bits per heavy atom. The number of nitrogens with zero attached hydrogens (tertiary/aromatic N) is 2. The van der Waals surface area contributed by atoms with E-state index in [0.717, 1.165) is 40.9 Å². The summed E-state index contributed by atoms with van der Waals surface area (Å²) in [7, 11) is 0. The number of hydrogen-bond donors (Lipinski definition) is 3. The van der Waals surface area contributed by atoms with Crippen molar-refractivity contribution in [3.8, 4) is 0 Å². The molecule has 0 aliphatic heterocycles. The lowest BCUT2D eigenvalue weighted by Gasteiger charge is -2.25. The van der Waals surface area contributed by atoms with Gasteiger partial charge in [0.05, 0.1) is 6.20 Å². The summed E-state index contributed by atoms with van der Waals surface area (Å²) < 4.78 is 3.56. The van der Waals surface area contributed by atoms with E-state index in [1.807, 2.05) is 36.7 Å². The zero-order valence-corrected chi connectivity index (χ0v) is 14.7. The van der Waals surface area contributed by atoms with Crippen molar-refractivity contribution in [3.05, 3.63) is 47.8 Å². The number of rotatable bonds is 4. The SMILES string of the molecule is CC(=O)Nc1ccc(SNC2CCc3c(cnc4[nH]ncc34)C2)cc1. The van der Waals surface area contributed by atoms with Gasteiger partial charge in [-0.05, 0) is 66.6 Å². The molecule has 7 heteroatoms. The number of pyridine rings is 1. The van der Waals surface area contributed by atoms with Crippen LogP contribution in [0.1, 0.15) is 24.5 Å². The van der Waals surface area contributed by atoms with Crippen molar-refractivity contribution < 1.29 is 4.79 Å². The van der Waals surface area contributed by atoms with Gasteiger partial charge in [-0.3, -0.25) is 14.6 Å². The lowest BCUT2D eigenvalue weighted by molar-refractivity contribution is -0.114. The molecule has 0 fully saturated rings. The molecule has 1 amide bonds. The standard InChI is InChI=1S/C18H19N5OS/c1-11(24)21-13-2-5-15(6-3-13)25-23-14-4-7-16-12(8-14)9-19-18-17(16)10-20-22-18/h2-3,5-6,9-10,14,23H,4,7-8H2,1H3,(H,21,24)(H,19,20,22). The van der Waals surface area contributed by atoms with E-state index in [1.165, 1.54) is 18.1 Å². The van der Waals surface area contributed by atoms with Gasteiger partial charge in [0.15, 0.2) is 5.65 Å². The molecule has 0 bridgehead atoms. The average Bonchev–Trinajstić information content (AvgIpc) is 3.09. The number of carbonyl (C=O) groups excluding carboxylic acids is 1. The smallest absolute Gasteiger partial charge is 0.221 e. The molecule has 0 spiro atoms. The first-order valence-corrected chi connectivity index (χ1v) is 9.10. The molecule has 2 heterocycles. The second-order valence-corrected chi connectivity index (χ2v) is 7.17. The Labute approximate surface area is 149 Å². The molecule has 25 heavy (non-hydrogen) atoms. The molecule has 128 valence electrons. The minimum Gasteiger partial charge on any atom is -0.326 e. The number of carbonyl (C=O) groups is 1. The highest BCUT2D eigenvalue weighted by Crippen LogP contribution is 2.28. The lowest BCUT2D eigenvalue weighted by atomic mass is 9.88. The molecule has 3 N–H and O–H groups in total. The van der Waals surface area contributed by atoms with Crippen molar-refractivity contribution in [2.24, 2.45) is 0 Å². The van der Waals surface area contributed by atoms with Crippen LogP contribution in [-0.2, 0) is 17.6 Å². The average molecular weight is 353 g/mol. The fourth-order valence-electron chi connectivity index (χ4n) is 3.21. The van der Waals surface area contributed by atoms with E-state index in [0.29, 0.717) is 6.04 Å². The van der Waals surface area contributed by atoms with E-state index in [9.17, 15) is 4.79 Å². The summed E-state index contributed by atoms with van der Waals surface area (Å²) in [6.07, 6.45) is 6.94. The Balaban J connectivity index is 1.38. The molecule has 2 aromatic heterocycles. The van der Waals surface area contributed by atoms with Crippen LogP contribution in [0.2, 0.25) is 0 Å². The number of aromatic amines is 1. The number of H-pyrrole nitrogens is 1. The molecule has 1 unspecified atom stereocenters. The molecule has 3 aromatic rings. The highest BCUT2D eigenvalue weighted by molar-refractivity contribution is 7.97. The fraction of sp³-hybridized carbons (Fsp3) is 0.278. The van der Waals surface area contributed by atoms with Gasteiger partial charge in [-0.25, -0.2) is 4.98 Å². The quantitative estimate of drug-likeness (QED) is 0.628. The predicted octanol–water partition coefficient (Wildman–Crippen LogP) is 3.07. The van der Waals surface area contributed by atoms with Gasteiger partial charge in [0.2, 0.25) is 5.91 Å². The van der Waals surface area contributed by atoms with Crippen molar-refractivity contribution in [3.63, 3.8) is 0 Å². The van der Waals surface area contributed by atoms with Crippen LogP contribution in [0.15, 0.2) is 41.6 Å². The molecular formula is C18H19N5OS. The molecule has 0 radical (unpaired) electrons. The molecule has 4 rings (SSSR count). The number of anilines is 1. The van der Waals surface area contributed by atoms with Crippen LogP contribution in [-0.4, -0.2) is 27.1 Å². The molecule has 1 aliphatic carbocycles. The Morgan fingerprint density at radius 1 is 1.28 bits per heavy atom. The van der Waals surface area contributed by atoms with E-state index in [2.05, 4.69) is 25.2 Å². The van der Waals surface area contributed by atoms with Crippen LogP contribution in [0.5, 0.6) is 0 Å². The number of aromatic nitrogens is 3. The Morgan fingerprint density at radius 3 is 2.92 bits per heavy atom. The van der Waals surface area contributed by atoms with Gasteiger partial charge in [-0.15, -0.1) is 0 Å². The van der Waals surface area contributed by atoms with Gasteiger partial charge in [0, 0.05) is 35.1 Å². The normalized spacial score (nSPS) is 16.6. The summed E-state index contributed by atoms with van der Waals surface area (Å²) in [5.74, 6) is -0.0558. The maximum absolute atomic E-state index is 11.1. The maximum atomic E-state index is 11.1. The first-order valence-electron chi connectivity index (χ1n) is 8.29. The highest BCUT2D eigenvalue weighted by Gasteiger charge is 2.21. The summed E-state index contributed by atoms with van der Waals surface area (Å²) in [6, 6.07) is 8.27. The number of nitrogens with one attached hydrogen (secondary N) is 3. The Bertz CT molecular complexity index is 905. The Kier molecular flexibility index (Phi) is 4.42. The molecule has 1 atom stereocenters. The van der Waals surface area contributed by atoms with Gasteiger partial charge in [-0.2, -0.15) is 5.10 Å². The lowest BCUT2D eigenvalue weighted by Crippen LogP contribution is -2.30. The van der Waals surface area contributed by atoms with Gasteiger partial charge in [0.25, 0.3) is 0 Å². The van der Waals surface area contributed by atoms with E-state index in [-0.39, 0.29) is 5.91 Å². The van der Waals surface area contributed by atoms with E-state index < -0.39 is 0 Å². The number of benzene rings is 1.